The molecule has 1 unspecified atom stereocenters. The zero-order chi connectivity index (χ0) is 13.2. The Labute approximate surface area is 108 Å². The summed E-state index contributed by atoms with van der Waals surface area (Å²) in [6, 6.07) is 8.00. The maximum atomic E-state index is 6.22. The highest BCUT2D eigenvalue weighted by Crippen LogP contribution is 2.23. The highest BCUT2D eigenvalue weighted by molar-refractivity contribution is 5.85. The van der Waals surface area contributed by atoms with Crippen LogP contribution in [0.25, 0.3) is 10.8 Å². The van der Waals surface area contributed by atoms with Gasteiger partial charge in [0.1, 0.15) is 0 Å². The zero-order valence-electron chi connectivity index (χ0n) is 11.2. The number of ether oxygens (including phenoxy) is 1. The van der Waals surface area contributed by atoms with Crippen molar-refractivity contribution >= 4 is 10.8 Å². The Morgan fingerprint density at radius 1 is 1.28 bits per heavy atom. The van der Waals surface area contributed by atoms with Gasteiger partial charge in [0.15, 0.2) is 0 Å². The van der Waals surface area contributed by atoms with Crippen LogP contribution in [0.4, 0.5) is 0 Å². The summed E-state index contributed by atoms with van der Waals surface area (Å²) in [6.45, 7) is 6.62. The molecule has 0 saturated heterocycles. The van der Waals surface area contributed by atoms with Crippen LogP contribution in [0.15, 0.2) is 36.7 Å². The molecule has 2 N–H and O–H groups in total. The van der Waals surface area contributed by atoms with E-state index in [1.54, 1.807) is 6.20 Å². The van der Waals surface area contributed by atoms with Crippen molar-refractivity contribution in [1.82, 2.24) is 4.98 Å². The molecule has 3 nitrogen and oxygen atoms in total. The first-order valence-corrected chi connectivity index (χ1v) is 6.19. The summed E-state index contributed by atoms with van der Waals surface area (Å²) in [7, 11) is 0. The smallest absolute Gasteiger partial charge is 0.0666 e. The Hall–Kier alpha value is -1.45. The van der Waals surface area contributed by atoms with E-state index in [0.29, 0.717) is 6.61 Å². The summed E-state index contributed by atoms with van der Waals surface area (Å²) >= 11 is 0. The number of rotatable bonds is 3. The Bertz CT molecular complexity index is 526. The van der Waals surface area contributed by atoms with Crippen molar-refractivity contribution in [1.29, 1.82) is 0 Å². The molecule has 0 amide bonds. The van der Waals surface area contributed by atoms with Crippen LogP contribution in [0.1, 0.15) is 32.4 Å². The van der Waals surface area contributed by atoms with Crippen molar-refractivity contribution in [2.24, 2.45) is 5.73 Å². The second kappa shape index (κ2) is 5.04. The molecule has 0 saturated carbocycles. The lowest BCUT2D eigenvalue weighted by Gasteiger charge is -2.23. The van der Waals surface area contributed by atoms with Gasteiger partial charge in [0.25, 0.3) is 0 Å². The van der Waals surface area contributed by atoms with E-state index in [2.05, 4.69) is 11.1 Å². The first-order valence-electron chi connectivity index (χ1n) is 6.19. The van der Waals surface area contributed by atoms with Gasteiger partial charge in [-0.1, -0.05) is 18.2 Å². The number of hydrogen-bond donors (Lipinski definition) is 1. The maximum absolute atomic E-state index is 6.22. The van der Waals surface area contributed by atoms with Crippen LogP contribution in [0.3, 0.4) is 0 Å². The number of hydrogen-bond acceptors (Lipinski definition) is 3. The molecule has 0 fully saturated rings. The molecule has 1 heterocycles. The summed E-state index contributed by atoms with van der Waals surface area (Å²) in [5.41, 5.74) is 7.17. The minimum absolute atomic E-state index is 0.115. The zero-order valence-corrected chi connectivity index (χ0v) is 11.2. The average Bonchev–Trinajstić information content (AvgIpc) is 2.34. The van der Waals surface area contributed by atoms with E-state index in [1.165, 1.54) is 0 Å². The first-order chi connectivity index (χ1) is 8.47. The Kier molecular flexibility index (Phi) is 3.64. The lowest BCUT2D eigenvalue weighted by atomic mass is 10.0. The van der Waals surface area contributed by atoms with Crippen LogP contribution < -0.4 is 5.73 Å². The van der Waals surface area contributed by atoms with Gasteiger partial charge in [-0.2, -0.15) is 0 Å². The quantitative estimate of drug-likeness (QED) is 0.902. The molecule has 0 aliphatic carbocycles. The normalized spacial score (nSPS) is 13.8. The molecule has 1 aromatic carbocycles. The Morgan fingerprint density at radius 3 is 2.78 bits per heavy atom. The van der Waals surface area contributed by atoms with Crippen LogP contribution in [-0.2, 0) is 4.74 Å². The third-order valence-electron chi connectivity index (χ3n) is 2.81. The van der Waals surface area contributed by atoms with Gasteiger partial charge < -0.3 is 10.5 Å². The van der Waals surface area contributed by atoms with Crippen LogP contribution in [0.2, 0.25) is 0 Å². The van der Waals surface area contributed by atoms with Gasteiger partial charge in [0.05, 0.1) is 18.2 Å². The van der Waals surface area contributed by atoms with Gasteiger partial charge in [-0.3, -0.25) is 4.98 Å². The molecule has 2 aromatic rings. The predicted molar refractivity (Wildman–Crippen MR) is 74.4 cm³/mol. The molecular formula is C15H20N2O. The Balaban J connectivity index is 2.25. The topological polar surface area (TPSA) is 48.1 Å². The van der Waals surface area contributed by atoms with Crippen molar-refractivity contribution in [3.8, 4) is 0 Å². The lowest BCUT2D eigenvalue weighted by molar-refractivity contribution is -0.0101. The minimum Gasteiger partial charge on any atom is -0.374 e. The molecule has 3 heteroatoms. The second-order valence-electron chi connectivity index (χ2n) is 5.47. The van der Waals surface area contributed by atoms with Crippen molar-refractivity contribution in [3.05, 3.63) is 42.2 Å². The molecular weight excluding hydrogens is 224 g/mol. The Morgan fingerprint density at radius 2 is 2.06 bits per heavy atom. The summed E-state index contributed by atoms with van der Waals surface area (Å²) in [4.78, 5) is 4.13. The van der Waals surface area contributed by atoms with Gasteiger partial charge in [-0.05, 0) is 37.8 Å². The summed E-state index contributed by atoms with van der Waals surface area (Å²) in [5, 5.41) is 2.26. The summed E-state index contributed by atoms with van der Waals surface area (Å²) < 4.78 is 5.75. The molecule has 0 spiro atoms. The van der Waals surface area contributed by atoms with Crippen molar-refractivity contribution in [3.63, 3.8) is 0 Å². The molecule has 1 aromatic heterocycles. The minimum atomic E-state index is -0.163. The first kappa shape index (κ1) is 13.0. The fraction of sp³-hybridized carbons (Fsp3) is 0.400. The van der Waals surface area contributed by atoms with Gasteiger partial charge in [-0.15, -0.1) is 0 Å². The van der Waals surface area contributed by atoms with Crippen LogP contribution in [-0.4, -0.2) is 17.2 Å². The third-order valence-corrected chi connectivity index (χ3v) is 2.81. The highest BCUT2D eigenvalue weighted by atomic mass is 16.5. The fourth-order valence-electron chi connectivity index (χ4n) is 1.90. The van der Waals surface area contributed by atoms with E-state index in [9.17, 15) is 0 Å². The second-order valence-corrected chi connectivity index (χ2v) is 5.47. The number of pyridine rings is 1. The number of benzene rings is 1. The van der Waals surface area contributed by atoms with E-state index >= 15 is 0 Å². The largest absolute Gasteiger partial charge is 0.374 e. The van der Waals surface area contributed by atoms with Gasteiger partial charge in [-0.25, -0.2) is 0 Å². The van der Waals surface area contributed by atoms with E-state index in [-0.39, 0.29) is 11.6 Å². The molecule has 2 rings (SSSR count). The van der Waals surface area contributed by atoms with Crippen LogP contribution in [0.5, 0.6) is 0 Å². The summed E-state index contributed by atoms with van der Waals surface area (Å²) in [5.74, 6) is 0. The van der Waals surface area contributed by atoms with Crippen LogP contribution >= 0.6 is 0 Å². The molecule has 0 radical (unpaired) electrons. The number of nitrogens with two attached hydrogens (primary N) is 1. The maximum Gasteiger partial charge on any atom is 0.0666 e. The fourth-order valence-corrected chi connectivity index (χ4v) is 1.90. The average molecular weight is 244 g/mol. The number of nitrogens with zero attached hydrogens (tertiary/aromatic N) is 1. The van der Waals surface area contributed by atoms with E-state index < -0.39 is 0 Å². The van der Waals surface area contributed by atoms with Crippen molar-refractivity contribution < 1.29 is 4.74 Å². The van der Waals surface area contributed by atoms with Gasteiger partial charge in [0.2, 0.25) is 0 Å². The number of aromatic nitrogens is 1. The third kappa shape index (κ3) is 3.06. The standard InChI is InChI=1S/C15H20N2O/c1-15(2,3)18-10-14(16)13-6-4-5-11-9-17-8-7-12(11)13/h4-9,14H,10,16H2,1-3H3. The van der Waals surface area contributed by atoms with Gasteiger partial charge >= 0.3 is 0 Å². The van der Waals surface area contributed by atoms with Crippen LogP contribution in [0, 0.1) is 0 Å². The van der Waals surface area contributed by atoms with Gasteiger partial charge in [0, 0.05) is 17.8 Å². The molecule has 0 bridgehead atoms. The monoisotopic (exact) mass is 244 g/mol. The SMILES string of the molecule is CC(C)(C)OCC(N)c1cccc2cnccc12. The molecule has 1 atom stereocenters. The molecule has 96 valence electrons. The highest BCUT2D eigenvalue weighted by Gasteiger charge is 2.15. The summed E-state index contributed by atoms with van der Waals surface area (Å²) in [6.07, 6.45) is 3.65. The predicted octanol–water partition coefficient (Wildman–Crippen LogP) is 3.05. The number of fused-ring (bicyclic) bond motifs is 1. The van der Waals surface area contributed by atoms with E-state index in [0.717, 1.165) is 16.3 Å². The molecule has 18 heavy (non-hydrogen) atoms. The van der Waals surface area contributed by atoms with E-state index in [1.807, 2.05) is 45.2 Å². The van der Waals surface area contributed by atoms with Crippen molar-refractivity contribution in [2.75, 3.05) is 6.61 Å². The lowest BCUT2D eigenvalue weighted by Crippen LogP contribution is -2.26. The van der Waals surface area contributed by atoms with E-state index in [4.69, 9.17) is 10.5 Å². The molecule has 0 aliphatic rings. The van der Waals surface area contributed by atoms with Crippen molar-refractivity contribution in [2.45, 2.75) is 32.4 Å². The molecule has 0 aliphatic heterocycles.